The highest BCUT2D eigenvalue weighted by Gasteiger charge is 2.26. The number of ether oxygens (including phenoxy) is 1. The topological polar surface area (TPSA) is 75.7 Å². The lowest BCUT2D eigenvalue weighted by Gasteiger charge is -2.29. The van der Waals surface area contributed by atoms with E-state index in [0.717, 1.165) is 5.56 Å². The number of halogens is 3. The van der Waals surface area contributed by atoms with Crippen LogP contribution in [-0.4, -0.2) is 38.9 Å². The van der Waals surface area contributed by atoms with Gasteiger partial charge in [0, 0.05) is 27.6 Å². The van der Waals surface area contributed by atoms with Gasteiger partial charge < -0.3 is 9.64 Å². The molecule has 3 aromatic rings. The fraction of sp³-hybridized carbons (Fsp3) is 0.222. The Morgan fingerprint density at radius 1 is 1.08 bits per heavy atom. The number of carbonyl (C=O) groups is 1. The van der Waals surface area contributed by atoms with E-state index < -0.39 is 10.0 Å². The molecule has 0 bridgehead atoms. The Hall–Kier alpha value is -2.52. The van der Waals surface area contributed by atoms with Gasteiger partial charge in [-0.2, -0.15) is 0 Å². The number of amides is 1. The molecule has 1 fully saturated rings. The second-order valence-electron chi connectivity index (χ2n) is 8.44. The van der Waals surface area contributed by atoms with Crippen LogP contribution < -0.4 is 9.46 Å². The Labute approximate surface area is 235 Å². The lowest BCUT2D eigenvalue weighted by atomic mass is 10.00. The van der Waals surface area contributed by atoms with Gasteiger partial charge in [0.15, 0.2) is 0 Å². The number of rotatable bonds is 7. The highest BCUT2D eigenvalue weighted by molar-refractivity contribution is 9.10. The SMILES string of the molecule is CCOc1ccc(Br)cc1S(=O)(=O)Nc1ccccc1C(=O)N1CCC(=Cc2cc(Cl)ccc2Cl)CC1. The molecule has 1 N–H and O–H groups in total. The third-order valence-electron chi connectivity index (χ3n) is 5.91. The molecule has 37 heavy (non-hydrogen) atoms. The fourth-order valence-electron chi connectivity index (χ4n) is 4.08. The molecule has 0 spiro atoms. The Kier molecular flexibility index (Phi) is 8.85. The zero-order chi connectivity index (χ0) is 26.6. The number of piperidine rings is 1. The summed E-state index contributed by atoms with van der Waals surface area (Å²) in [4.78, 5) is 15.1. The van der Waals surface area contributed by atoms with Crippen molar-refractivity contribution >= 4 is 66.8 Å². The zero-order valence-electron chi connectivity index (χ0n) is 20.0. The summed E-state index contributed by atoms with van der Waals surface area (Å²) in [6.07, 6.45) is 3.38. The van der Waals surface area contributed by atoms with Crippen molar-refractivity contribution in [3.63, 3.8) is 0 Å². The van der Waals surface area contributed by atoms with E-state index in [1.54, 1.807) is 60.4 Å². The van der Waals surface area contributed by atoms with E-state index in [4.69, 9.17) is 27.9 Å². The molecule has 0 saturated carbocycles. The van der Waals surface area contributed by atoms with Crippen molar-refractivity contribution in [1.82, 2.24) is 4.90 Å². The van der Waals surface area contributed by atoms with E-state index in [9.17, 15) is 13.2 Å². The minimum Gasteiger partial charge on any atom is -0.492 e. The summed E-state index contributed by atoms with van der Waals surface area (Å²) in [5.41, 5.74) is 2.51. The van der Waals surface area contributed by atoms with Crippen LogP contribution in [-0.2, 0) is 10.0 Å². The monoisotopic (exact) mass is 622 g/mol. The molecule has 1 amide bonds. The fourth-order valence-corrected chi connectivity index (χ4v) is 6.20. The van der Waals surface area contributed by atoms with Crippen LogP contribution in [0.2, 0.25) is 10.0 Å². The maximum atomic E-state index is 13.4. The first kappa shape index (κ1) is 27.5. The summed E-state index contributed by atoms with van der Waals surface area (Å²) in [5, 5.41) is 1.23. The number of carbonyl (C=O) groups excluding carboxylic acids is 1. The van der Waals surface area contributed by atoms with Crippen molar-refractivity contribution in [1.29, 1.82) is 0 Å². The largest absolute Gasteiger partial charge is 0.492 e. The smallest absolute Gasteiger partial charge is 0.265 e. The first-order valence-electron chi connectivity index (χ1n) is 11.7. The molecule has 1 aliphatic rings. The molecule has 194 valence electrons. The summed E-state index contributed by atoms with van der Waals surface area (Å²) in [5.74, 6) is -0.00502. The highest BCUT2D eigenvalue weighted by Crippen LogP contribution is 2.31. The van der Waals surface area contributed by atoms with E-state index in [-0.39, 0.29) is 27.8 Å². The van der Waals surface area contributed by atoms with Crippen LogP contribution in [0, 0.1) is 0 Å². The van der Waals surface area contributed by atoms with Gasteiger partial charge in [0.2, 0.25) is 0 Å². The second-order valence-corrected chi connectivity index (χ2v) is 11.8. The van der Waals surface area contributed by atoms with E-state index in [1.807, 2.05) is 12.1 Å². The number of benzene rings is 3. The maximum absolute atomic E-state index is 13.4. The molecule has 0 aliphatic carbocycles. The van der Waals surface area contributed by atoms with Crippen LogP contribution in [0.5, 0.6) is 5.75 Å². The molecular weight excluding hydrogens is 599 g/mol. The third-order valence-corrected chi connectivity index (χ3v) is 8.37. The average molecular weight is 624 g/mol. The predicted octanol–water partition coefficient (Wildman–Crippen LogP) is 7.28. The lowest BCUT2D eigenvalue weighted by molar-refractivity contribution is 0.0745. The number of nitrogens with one attached hydrogen (secondary N) is 1. The molecule has 3 aromatic carbocycles. The van der Waals surface area contributed by atoms with Gasteiger partial charge >= 0.3 is 0 Å². The van der Waals surface area contributed by atoms with Crippen molar-refractivity contribution in [2.24, 2.45) is 0 Å². The van der Waals surface area contributed by atoms with Crippen LogP contribution >= 0.6 is 39.1 Å². The van der Waals surface area contributed by atoms with Crippen LogP contribution in [0.25, 0.3) is 6.08 Å². The molecule has 4 rings (SSSR count). The number of likely N-dealkylation sites (tertiary alicyclic amines) is 1. The molecule has 0 atom stereocenters. The molecule has 1 heterocycles. The number of hydrogen-bond donors (Lipinski definition) is 1. The van der Waals surface area contributed by atoms with Gasteiger partial charge in [0.25, 0.3) is 15.9 Å². The van der Waals surface area contributed by atoms with Crippen LogP contribution in [0.4, 0.5) is 5.69 Å². The summed E-state index contributed by atoms with van der Waals surface area (Å²) < 4.78 is 35.3. The van der Waals surface area contributed by atoms with Crippen LogP contribution in [0.3, 0.4) is 0 Å². The van der Waals surface area contributed by atoms with Crippen molar-refractivity contribution in [2.45, 2.75) is 24.7 Å². The van der Waals surface area contributed by atoms with Crippen LogP contribution in [0.1, 0.15) is 35.7 Å². The minimum atomic E-state index is -4.03. The molecule has 10 heteroatoms. The highest BCUT2D eigenvalue weighted by atomic mass is 79.9. The predicted molar refractivity (Wildman–Crippen MR) is 152 cm³/mol. The number of nitrogens with zero attached hydrogens (tertiary/aromatic N) is 1. The second kappa shape index (κ2) is 11.9. The average Bonchev–Trinajstić information content (AvgIpc) is 2.87. The molecule has 6 nitrogen and oxygen atoms in total. The van der Waals surface area contributed by atoms with Crippen molar-refractivity contribution in [2.75, 3.05) is 24.4 Å². The Balaban J connectivity index is 1.52. The zero-order valence-corrected chi connectivity index (χ0v) is 23.9. The molecule has 1 aliphatic heterocycles. The van der Waals surface area contributed by atoms with Gasteiger partial charge in [-0.05, 0) is 73.9 Å². The van der Waals surface area contributed by atoms with Crippen molar-refractivity contribution in [3.8, 4) is 5.75 Å². The maximum Gasteiger partial charge on any atom is 0.265 e. The van der Waals surface area contributed by atoms with E-state index >= 15 is 0 Å². The van der Waals surface area contributed by atoms with Gasteiger partial charge in [0.1, 0.15) is 10.6 Å². The van der Waals surface area contributed by atoms with Gasteiger partial charge in [-0.15, -0.1) is 0 Å². The first-order chi connectivity index (χ1) is 17.7. The molecule has 1 saturated heterocycles. The van der Waals surface area contributed by atoms with E-state index in [0.29, 0.717) is 47.1 Å². The van der Waals surface area contributed by atoms with Gasteiger partial charge in [-0.3, -0.25) is 9.52 Å². The lowest BCUT2D eigenvalue weighted by Crippen LogP contribution is -2.36. The minimum absolute atomic E-state index is 0.0154. The molecular formula is C27H25BrCl2N2O4S. The standard InChI is InChI=1S/C27H25BrCl2N2O4S/c1-2-36-25-10-7-20(28)17-26(25)37(34,35)31-24-6-4-3-5-22(24)27(33)32-13-11-18(12-14-32)15-19-16-21(29)8-9-23(19)30/h3-10,15-17,31H,2,11-14H2,1H3. The summed E-state index contributed by atoms with van der Waals surface area (Å²) in [6.45, 7) is 3.10. The summed E-state index contributed by atoms with van der Waals surface area (Å²) >= 11 is 15.7. The number of sulfonamides is 1. The Morgan fingerprint density at radius 2 is 1.81 bits per heavy atom. The van der Waals surface area contributed by atoms with Crippen LogP contribution in [0.15, 0.2) is 75.6 Å². The molecule has 0 radical (unpaired) electrons. The van der Waals surface area contributed by atoms with E-state index in [1.165, 1.54) is 11.6 Å². The van der Waals surface area contributed by atoms with Crippen molar-refractivity contribution in [3.05, 3.63) is 91.9 Å². The normalized spacial score (nSPS) is 13.8. The van der Waals surface area contributed by atoms with Gasteiger partial charge in [-0.25, -0.2) is 8.42 Å². The molecule has 0 aromatic heterocycles. The Bertz CT molecular complexity index is 1450. The number of hydrogen-bond acceptors (Lipinski definition) is 4. The third kappa shape index (κ3) is 6.68. The first-order valence-corrected chi connectivity index (χ1v) is 14.7. The van der Waals surface area contributed by atoms with Gasteiger partial charge in [-0.1, -0.05) is 62.9 Å². The summed E-state index contributed by atoms with van der Waals surface area (Å²) in [7, 11) is -4.03. The Morgan fingerprint density at radius 3 is 2.54 bits per heavy atom. The number of para-hydroxylation sites is 1. The number of anilines is 1. The summed E-state index contributed by atoms with van der Waals surface area (Å²) in [6, 6.07) is 16.7. The van der Waals surface area contributed by atoms with Gasteiger partial charge in [0.05, 0.1) is 17.9 Å². The molecule has 0 unspecified atom stereocenters. The quantitative estimate of drug-likeness (QED) is 0.300. The van der Waals surface area contributed by atoms with E-state index in [2.05, 4.69) is 20.7 Å². The van der Waals surface area contributed by atoms with Crippen molar-refractivity contribution < 1.29 is 17.9 Å².